The topological polar surface area (TPSA) is 28.3 Å². The van der Waals surface area contributed by atoms with Crippen molar-refractivity contribution in [1.29, 1.82) is 0 Å². The van der Waals surface area contributed by atoms with Crippen molar-refractivity contribution in [3.8, 4) is 36.2 Å². The number of ether oxygens (including phenoxy) is 2. The molecule has 4 nitrogen and oxygen atoms in total. The summed E-state index contributed by atoms with van der Waals surface area (Å²) < 4.78 is 17.4. The molecule has 0 fully saturated rings. The van der Waals surface area contributed by atoms with Gasteiger partial charge < -0.3 is 18.6 Å². The van der Waals surface area contributed by atoms with Gasteiger partial charge in [0, 0.05) is 57.1 Å². The van der Waals surface area contributed by atoms with Crippen molar-refractivity contribution in [2.45, 2.75) is 38.8 Å². The molecule has 2 heterocycles. The molecule has 4 heteroatoms. The highest BCUT2D eigenvalue weighted by atomic mass is 16.5. The van der Waals surface area contributed by atoms with Crippen LogP contribution in [0, 0.1) is 24.7 Å². The largest absolute Gasteiger partial charge is 0.480 e. The third kappa shape index (κ3) is 4.58. The Morgan fingerprint density at radius 3 is 1.23 bits per heavy atom. The lowest BCUT2D eigenvalue weighted by atomic mass is 9.71. The van der Waals surface area contributed by atoms with Crippen LogP contribution in [0.15, 0.2) is 121 Å². The number of para-hydroxylation sites is 2. The van der Waals surface area contributed by atoms with Gasteiger partial charge in [-0.25, -0.2) is 0 Å². The van der Waals surface area contributed by atoms with Gasteiger partial charge >= 0.3 is 0 Å². The minimum atomic E-state index is -0.0533. The third-order valence-electron chi connectivity index (χ3n) is 10.9. The Hall–Kier alpha value is -6.36. The van der Waals surface area contributed by atoms with Crippen molar-refractivity contribution in [3.05, 3.63) is 155 Å². The number of aromatic nitrogens is 2. The van der Waals surface area contributed by atoms with Crippen LogP contribution in [0.2, 0.25) is 0 Å². The van der Waals surface area contributed by atoms with E-state index in [9.17, 15) is 0 Å². The summed E-state index contributed by atoms with van der Waals surface area (Å²) in [6, 6.07) is 43.9. The van der Waals surface area contributed by atoms with E-state index in [-0.39, 0.29) is 25.0 Å². The average Bonchev–Trinajstić information content (AvgIpc) is 3.71. The summed E-state index contributed by atoms with van der Waals surface area (Å²) in [5, 5.41) is 7.02. The van der Waals surface area contributed by atoms with Gasteiger partial charge in [0.05, 0.1) is 11.8 Å². The van der Waals surface area contributed by atoms with E-state index in [4.69, 9.17) is 22.3 Å². The molecule has 2 aromatic heterocycles. The van der Waals surface area contributed by atoms with Crippen molar-refractivity contribution in [1.82, 2.24) is 9.13 Å². The van der Waals surface area contributed by atoms with E-state index in [1.165, 1.54) is 66.2 Å². The number of rotatable bonds is 8. The minimum Gasteiger partial charge on any atom is -0.480 e. The van der Waals surface area contributed by atoms with Crippen LogP contribution in [0.3, 0.4) is 0 Å². The SMILES string of the molecule is C#CCOc1ccc(C2c3c(n(CC)c4ccccc34)C(c3ccc(OCC#C)c4ccccc34)c3c2n(CC)c2ccccc32)c2ccccc12. The van der Waals surface area contributed by atoms with Crippen LogP contribution < -0.4 is 9.47 Å². The fraction of sp³-hybridized carbons (Fsp3) is 0.167. The number of fused-ring (bicyclic) bond motifs is 8. The van der Waals surface area contributed by atoms with E-state index >= 15 is 0 Å². The summed E-state index contributed by atoms with van der Waals surface area (Å²) in [4.78, 5) is 0. The molecular formula is C48H38N2O2. The second-order valence-corrected chi connectivity index (χ2v) is 13.4. The van der Waals surface area contributed by atoms with Crippen LogP contribution >= 0.6 is 0 Å². The second-order valence-electron chi connectivity index (χ2n) is 13.4. The summed E-state index contributed by atoms with van der Waals surface area (Å²) in [6.45, 7) is 6.65. The van der Waals surface area contributed by atoms with E-state index in [0.29, 0.717) is 0 Å². The summed E-state index contributed by atoms with van der Waals surface area (Å²) in [6.07, 6.45) is 11.3. The molecule has 0 bridgehead atoms. The molecule has 0 aliphatic heterocycles. The molecule has 0 N–H and O–H groups in total. The zero-order valence-electron chi connectivity index (χ0n) is 29.4. The number of hydrogen-bond donors (Lipinski definition) is 0. The summed E-state index contributed by atoms with van der Waals surface area (Å²) in [5.41, 5.74) is 10.4. The van der Waals surface area contributed by atoms with Crippen molar-refractivity contribution in [3.63, 3.8) is 0 Å². The highest BCUT2D eigenvalue weighted by Gasteiger charge is 2.43. The maximum Gasteiger partial charge on any atom is 0.148 e. The molecule has 0 spiro atoms. The molecule has 9 rings (SSSR count). The van der Waals surface area contributed by atoms with Crippen LogP contribution in [0.4, 0.5) is 0 Å². The first-order valence-electron chi connectivity index (χ1n) is 18.1. The fourth-order valence-corrected chi connectivity index (χ4v) is 9.07. The molecule has 0 amide bonds. The van der Waals surface area contributed by atoms with Gasteiger partial charge in [0.2, 0.25) is 0 Å². The van der Waals surface area contributed by atoms with Crippen LogP contribution in [-0.4, -0.2) is 22.3 Å². The molecule has 1 aliphatic carbocycles. The van der Waals surface area contributed by atoms with E-state index in [2.05, 4.69) is 156 Å². The molecule has 1 aliphatic rings. The lowest BCUT2D eigenvalue weighted by Gasteiger charge is -2.35. The first-order valence-corrected chi connectivity index (χ1v) is 18.1. The van der Waals surface area contributed by atoms with Gasteiger partial charge in [-0.05, 0) is 71.1 Å². The zero-order chi connectivity index (χ0) is 35.3. The lowest BCUT2D eigenvalue weighted by Crippen LogP contribution is -2.24. The van der Waals surface area contributed by atoms with Gasteiger partial charge in [0.1, 0.15) is 24.7 Å². The van der Waals surface area contributed by atoms with E-state index in [1.54, 1.807) is 0 Å². The molecule has 8 aromatic rings. The Bertz CT molecular complexity index is 2580. The summed E-state index contributed by atoms with van der Waals surface area (Å²) in [7, 11) is 0. The van der Waals surface area contributed by atoms with Gasteiger partial charge in [0.15, 0.2) is 0 Å². The number of benzene rings is 6. The van der Waals surface area contributed by atoms with Crippen LogP contribution in [-0.2, 0) is 13.1 Å². The quantitative estimate of drug-likeness (QED) is 0.150. The van der Waals surface area contributed by atoms with E-state index in [1.807, 2.05) is 0 Å². The number of hydrogen-bond acceptors (Lipinski definition) is 2. The molecule has 0 radical (unpaired) electrons. The molecule has 0 saturated heterocycles. The van der Waals surface area contributed by atoms with Gasteiger partial charge in [-0.2, -0.15) is 0 Å². The van der Waals surface area contributed by atoms with Gasteiger partial charge in [-0.15, -0.1) is 12.8 Å². The second kappa shape index (κ2) is 12.8. The summed E-state index contributed by atoms with van der Waals surface area (Å²) >= 11 is 0. The maximum atomic E-state index is 6.12. The fourth-order valence-electron chi connectivity index (χ4n) is 9.07. The Balaban J connectivity index is 1.45. The summed E-state index contributed by atoms with van der Waals surface area (Å²) in [5.74, 6) is 6.79. The molecule has 52 heavy (non-hydrogen) atoms. The molecular weight excluding hydrogens is 637 g/mol. The van der Waals surface area contributed by atoms with Crippen LogP contribution in [0.1, 0.15) is 59.3 Å². The molecule has 6 aromatic carbocycles. The molecule has 0 saturated carbocycles. The van der Waals surface area contributed by atoms with Crippen molar-refractivity contribution in [2.75, 3.05) is 13.2 Å². The maximum absolute atomic E-state index is 6.12. The predicted octanol–water partition coefficient (Wildman–Crippen LogP) is 10.6. The number of aryl methyl sites for hydroxylation is 2. The Kier molecular flexibility index (Phi) is 7.75. The predicted molar refractivity (Wildman–Crippen MR) is 214 cm³/mol. The Labute approximate surface area is 304 Å². The van der Waals surface area contributed by atoms with Gasteiger partial charge in [-0.3, -0.25) is 0 Å². The Morgan fingerprint density at radius 2 is 0.846 bits per heavy atom. The number of nitrogens with zero attached hydrogens (tertiary/aromatic N) is 2. The highest BCUT2D eigenvalue weighted by molar-refractivity contribution is 6.00. The first kappa shape index (κ1) is 31.6. The molecule has 2 unspecified atom stereocenters. The minimum absolute atomic E-state index is 0.0533. The Morgan fingerprint density at radius 1 is 0.481 bits per heavy atom. The molecule has 2 atom stereocenters. The zero-order valence-corrected chi connectivity index (χ0v) is 29.4. The third-order valence-corrected chi connectivity index (χ3v) is 10.9. The van der Waals surface area contributed by atoms with Crippen molar-refractivity contribution >= 4 is 43.4 Å². The van der Waals surface area contributed by atoms with Crippen LogP contribution in [0.5, 0.6) is 11.5 Å². The lowest BCUT2D eigenvalue weighted by molar-refractivity contribution is 0.374. The normalized spacial score (nSPS) is 15.0. The van der Waals surface area contributed by atoms with Gasteiger partial charge in [-0.1, -0.05) is 109 Å². The number of terminal acetylenes is 2. The van der Waals surface area contributed by atoms with Crippen molar-refractivity contribution in [2.24, 2.45) is 0 Å². The first-order chi connectivity index (χ1) is 25.7. The smallest absolute Gasteiger partial charge is 0.148 e. The molecule has 252 valence electrons. The highest BCUT2D eigenvalue weighted by Crippen LogP contribution is 2.57. The van der Waals surface area contributed by atoms with Gasteiger partial charge in [0.25, 0.3) is 0 Å². The average molecular weight is 675 g/mol. The monoisotopic (exact) mass is 674 g/mol. The van der Waals surface area contributed by atoms with Crippen molar-refractivity contribution < 1.29 is 9.47 Å². The van der Waals surface area contributed by atoms with E-state index < -0.39 is 0 Å². The standard InChI is InChI=1S/C48H38N2O2/c1-5-29-51-41-27-25-35(31-17-9-11-19-33(31)41)43-45-37-21-13-15-23-39(37)50(8-4)48(45)44(46-38-22-14-16-24-40(38)49(7-3)47(43)46)36-26-28-42(52-30-6-2)34-20-12-10-18-32(34)36/h1-2,9-28,43-44H,7-8,29-30H2,3-4H3. The van der Waals surface area contributed by atoms with Crippen LogP contribution in [0.25, 0.3) is 43.4 Å². The van der Waals surface area contributed by atoms with E-state index in [0.717, 1.165) is 35.4 Å².